The van der Waals surface area contributed by atoms with Gasteiger partial charge in [0.1, 0.15) is 5.60 Å². The quantitative estimate of drug-likeness (QED) is 0.910. The molecular formula is C19H27NO3. The molecule has 1 aromatic carbocycles. The lowest BCUT2D eigenvalue weighted by Crippen LogP contribution is -2.48. The molecule has 1 saturated heterocycles. The summed E-state index contributed by atoms with van der Waals surface area (Å²) in [7, 11) is 0. The SMILES string of the molecule is CC(C)(C)OC(=O)N1CCC(O)C(CC2Cc3ccccc32)C1. The van der Waals surface area contributed by atoms with Crippen molar-refractivity contribution in [2.75, 3.05) is 13.1 Å². The first-order chi connectivity index (χ1) is 10.8. The van der Waals surface area contributed by atoms with E-state index < -0.39 is 5.60 Å². The summed E-state index contributed by atoms with van der Waals surface area (Å²) in [5.41, 5.74) is 2.36. The zero-order valence-electron chi connectivity index (χ0n) is 14.3. The van der Waals surface area contributed by atoms with Gasteiger partial charge in [0.25, 0.3) is 0 Å². The molecule has 0 saturated carbocycles. The molecule has 3 atom stereocenters. The molecule has 3 unspecified atom stereocenters. The van der Waals surface area contributed by atoms with Gasteiger partial charge in [-0.25, -0.2) is 4.79 Å². The molecule has 3 rings (SSSR count). The van der Waals surface area contributed by atoms with Crippen LogP contribution < -0.4 is 0 Å². The number of nitrogens with zero attached hydrogens (tertiary/aromatic N) is 1. The van der Waals surface area contributed by atoms with Gasteiger partial charge in [0, 0.05) is 19.0 Å². The average molecular weight is 317 g/mol. The highest BCUT2D eigenvalue weighted by Crippen LogP contribution is 2.40. The number of benzene rings is 1. The van der Waals surface area contributed by atoms with E-state index >= 15 is 0 Å². The number of aliphatic hydroxyl groups is 1. The number of piperidine rings is 1. The normalized spacial score (nSPS) is 27.1. The Hall–Kier alpha value is -1.55. The summed E-state index contributed by atoms with van der Waals surface area (Å²) in [5.74, 6) is 0.652. The Balaban J connectivity index is 1.60. The van der Waals surface area contributed by atoms with Crippen LogP contribution in [-0.2, 0) is 11.2 Å². The highest BCUT2D eigenvalue weighted by molar-refractivity contribution is 5.68. The van der Waals surface area contributed by atoms with E-state index in [1.807, 2.05) is 20.8 Å². The average Bonchev–Trinajstić information content (AvgIpc) is 2.44. The Kier molecular flexibility index (Phi) is 4.37. The molecular weight excluding hydrogens is 290 g/mol. The summed E-state index contributed by atoms with van der Waals surface area (Å²) in [5, 5.41) is 10.3. The second kappa shape index (κ2) is 6.16. The van der Waals surface area contributed by atoms with E-state index in [1.165, 1.54) is 11.1 Å². The van der Waals surface area contributed by atoms with Crippen LogP contribution in [0.15, 0.2) is 24.3 Å². The van der Waals surface area contributed by atoms with Crippen molar-refractivity contribution in [3.8, 4) is 0 Å². The van der Waals surface area contributed by atoms with Crippen LogP contribution in [0.1, 0.15) is 50.7 Å². The van der Waals surface area contributed by atoms with Gasteiger partial charge in [-0.1, -0.05) is 24.3 Å². The lowest BCUT2D eigenvalue weighted by atomic mass is 9.71. The van der Waals surface area contributed by atoms with Gasteiger partial charge in [0.2, 0.25) is 0 Å². The third kappa shape index (κ3) is 3.69. The molecule has 1 aromatic rings. The van der Waals surface area contributed by atoms with Gasteiger partial charge in [-0.2, -0.15) is 0 Å². The van der Waals surface area contributed by atoms with Crippen molar-refractivity contribution >= 4 is 6.09 Å². The Morgan fingerprint density at radius 1 is 1.35 bits per heavy atom. The van der Waals surface area contributed by atoms with Gasteiger partial charge in [0.05, 0.1) is 6.10 Å². The van der Waals surface area contributed by atoms with Gasteiger partial charge in [-0.05, 0) is 57.1 Å². The topological polar surface area (TPSA) is 49.8 Å². The van der Waals surface area contributed by atoms with Crippen LogP contribution >= 0.6 is 0 Å². The first-order valence-corrected chi connectivity index (χ1v) is 8.57. The Labute approximate surface area is 138 Å². The molecule has 1 N–H and O–H groups in total. The molecule has 0 bridgehead atoms. The smallest absolute Gasteiger partial charge is 0.410 e. The number of amides is 1. The molecule has 23 heavy (non-hydrogen) atoms. The van der Waals surface area contributed by atoms with E-state index in [9.17, 15) is 9.90 Å². The van der Waals surface area contributed by atoms with Gasteiger partial charge in [-0.3, -0.25) is 0 Å². The third-order valence-electron chi connectivity index (χ3n) is 4.89. The van der Waals surface area contributed by atoms with Crippen molar-refractivity contribution in [1.29, 1.82) is 0 Å². The zero-order valence-corrected chi connectivity index (χ0v) is 14.3. The molecule has 1 aliphatic heterocycles. The van der Waals surface area contributed by atoms with Crippen LogP contribution in [0.4, 0.5) is 4.79 Å². The number of likely N-dealkylation sites (tertiary alicyclic amines) is 1. The molecule has 0 aromatic heterocycles. The van der Waals surface area contributed by atoms with Gasteiger partial charge in [-0.15, -0.1) is 0 Å². The molecule has 1 fully saturated rings. The molecule has 1 heterocycles. The maximum absolute atomic E-state index is 12.3. The maximum Gasteiger partial charge on any atom is 0.410 e. The Morgan fingerprint density at radius 3 is 2.78 bits per heavy atom. The summed E-state index contributed by atoms with van der Waals surface area (Å²) in [6.07, 6.45) is 2.09. The monoisotopic (exact) mass is 317 g/mol. The summed E-state index contributed by atoms with van der Waals surface area (Å²) in [6.45, 7) is 6.81. The fraction of sp³-hybridized carbons (Fsp3) is 0.632. The number of aliphatic hydroxyl groups excluding tert-OH is 1. The van der Waals surface area contributed by atoms with Crippen molar-refractivity contribution in [3.63, 3.8) is 0 Å². The lowest BCUT2D eigenvalue weighted by molar-refractivity contribution is -0.0117. The van der Waals surface area contributed by atoms with Crippen LogP contribution in [-0.4, -0.2) is 40.9 Å². The fourth-order valence-corrected chi connectivity index (χ4v) is 3.68. The number of hydrogen-bond donors (Lipinski definition) is 1. The number of carbonyl (C=O) groups is 1. The lowest BCUT2D eigenvalue weighted by Gasteiger charge is -2.40. The molecule has 126 valence electrons. The first-order valence-electron chi connectivity index (χ1n) is 8.57. The summed E-state index contributed by atoms with van der Waals surface area (Å²) in [4.78, 5) is 14.0. The van der Waals surface area contributed by atoms with E-state index in [-0.39, 0.29) is 18.1 Å². The van der Waals surface area contributed by atoms with E-state index in [4.69, 9.17) is 4.74 Å². The Bertz CT molecular complexity index is 578. The molecule has 4 nitrogen and oxygen atoms in total. The third-order valence-corrected chi connectivity index (χ3v) is 4.89. The number of rotatable bonds is 2. The van der Waals surface area contributed by atoms with E-state index in [0.717, 1.165) is 12.8 Å². The predicted octanol–water partition coefficient (Wildman–Crippen LogP) is 3.33. The van der Waals surface area contributed by atoms with E-state index in [1.54, 1.807) is 4.90 Å². The molecule has 0 spiro atoms. The van der Waals surface area contributed by atoms with Gasteiger partial charge < -0.3 is 14.7 Å². The minimum atomic E-state index is -0.477. The number of carbonyl (C=O) groups excluding carboxylic acids is 1. The Morgan fingerprint density at radius 2 is 2.09 bits per heavy atom. The van der Waals surface area contributed by atoms with Crippen LogP contribution in [0.2, 0.25) is 0 Å². The summed E-state index contributed by atoms with van der Waals surface area (Å²) in [6, 6.07) is 8.52. The van der Waals surface area contributed by atoms with Crippen molar-refractivity contribution in [2.45, 2.75) is 57.7 Å². The van der Waals surface area contributed by atoms with Gasteiger partial charge in [0.15, 0.2) is 0 Å². The summed E-state index contributed by atoms with van der Waals surface area (Å²) < 4.78 is 5.47. The van der Waals surface area contributed by atoms with Crippen LogP contribution in [0.5, 0.6) is 0 Å². The van der Waals surface area contributed by atoms with Crippen molar-refractivity contribution in [2.24, 2.45) is 5.92 Å². The van der Waals surface area contributed by atoms with E-state index in [2.05, 4.69) is 24.3 Å². The highest BCUT2D eigenvalue weighted by Gasteiger charge is 2.36. The second-order valence-electron chi connectivity index (χ2n) is 7.88. The molecule has 1 aliphatic carbocycles. The predicted molar refractivity (Wildman–Crippen MR) is 89.4 cm³/mol. The van der Waals surface area contributed by atoms with Crippen LogP contribution in [0, 0.1) is 5.92 Å². The minimum Gasteiger partial charge on any atom is -0.444 e. The minimum absolute atomic E-state index is 0.134. The molecule has 4 heteroatoms. The van der Waals surface area contributed by atoms with Crippen LogP contribution in [0.25, 0.3) is 0 Å². The largest absolute Gasteiger partial charge is 0.444 e. The highest BCUT2D eigenvalue weighted by atomic mass is 16.6. The molecule has 1 amide bonds. The van der Waals surface area contributed by atoms with Gasteiger partial charge >= 0.3 is 6.09 Å². The number of ether oxygens (including phenoxy) is 1. The van der Waals surface area contributed by atoms with Crippen molar-refractivity contribution < 1.29 is 14.6 Å². The maximum atomic E-state index is 12.3. The molecule has 0 radical (unpaired) electrons. The standard InChI is InChI=1S/C19H27NO3/c1-19(2,3)23-18(22)20-9-8-17(21)15(12-20)11-14-10-13-6-4-5-7-16(13)14/h4-7,14-15,17,21H,8-12H2,1-3H3. The zero-order chi connectivity index (χ0) is 16.6. The number of hydrogen-bond acceptors (Lipinski definition) is 3. The molecule has 2 aliphatic rings. The van der Waals surface area contributed by atoms with E-state index in [0.29, 0.717) is 25.4 Å². The van der Waals surface area contributed by atoms with Crippen LogP contribution in [0.3, 0.4) is 0 Å². The first kappa shape index (κ1) is 16.3. The number of fused-ring (bicyclic) bond motifs is 1. The second-order valence-corrected chi connectivity index (χ2v) is 7.88. The summed E-state index contributed by atoms with van der Waals surface area (Å²) >= 11 is 0. The van der Waals surface area contributed by atoms with Crippen molar-refractivity contribution in [3.05, 3.63) is 35.4 Å². The van der Waals surface area contributed by atoms with Crippen molar-refractivity contribution in [1.82, 2.24) is 4.90 Å². The fourth-order valence-electron chi connectivity index (χ4n) is 3.68.